The van der Waals surface area contributed by atoms with Gasteiger partial charge in [0.05, 0.1) is 4.90 Å². The van der Waals surface area contributed by atoms with Crippen molar-refractivity contribution in [3.05, 3.63) is 24.3 Å². The maximum absolute atomic E-state index is 12.5. The highest BCUT2D eigenvalue weighted by Gasteiger charge is 2.24. The van der Waals surface area contributed by atoms with E-state index in [2.05, 4.69) is 0 Å². The summed E-state index contributed by atoms with van der Waals surface area (Å²) in [6.07, 6.45) is 6.51. The molecule has 2 rings (SSSR count). The van der Waals surface area contributed by atoms with Gasteiger partial charge in [-0.05, 0) is 37.1 Å². The second-order valence-corrected chi connectivity index (χ2v) is 7.19. The Labute approximate surface area is 126 Å². The highest BCUT2D eigenvalue weighted by Crippen LogP contribution is 2.26. The molecule has 0 atom stereocenters. The van der Waals surface area contributed by atoms with Crippen LogP contribution in [0.2, 0.25) is 0 Å². The smallest absolute Gasteiger partial charge is 0.238 e. The number of hydrogen-bond acceptors (Lipinski definition) is 3. The van der Waals surface area contributed by atoms with Crippen LogP contribution >= 0.6 is 0 Å². The summed E-state index contributed by atoms with van der Waals surface area (Å²) in [4.78, 5) is 14.2. The average molecular weight is 310 g/mol. The van der Waals surface area contributed by atoms with E-state index in [1.165, 1.54) is 25.0 Å². The van der Waals surface area contributed by atoms with Crippen LogP contribution in [0, 0.1) is 5.92 Å². The summed E-state index contributed by atoms with van der Waals surface area (Å²) in [5, 5.41) is 5.07. The molecule has 0 aromatic heterocycles. The Bertz CT molecular complexity index is 588. The second-order valence-electron chi connectivity index (χ2n) is 5.62. The lowest BCUT2D eigenvalue weighted by Crippen LogP contribution is -2.32. The van der Waals surface area contributed by atoms with Crippen molar-refractivity contribution in [1.29, 1.82) is 0 Å². The number of nitrogens with two attached hydrogens (primary N) is 1. The minimum atomic E-state index is -3.69. The van der Waals surface area contributed by atoms with Crippen LogP contribution in [-0.4, -0.2) is 21.4 Å². The molecule has 6 heteroatoms. The number of primary sulfonamides is 1. The van der Waals surface area contributed by atoms with E-state index in [0.717, 1.165) is 25.7 Å². The van der Waals surface area contributed by atoms with E-state index in [4.69, 9.17) is 5.14 Å². The van der Waals surface area contributed by atoms with Crippen molar-refractivity contribution in [2.45, 2.75) is 43.4 Å². The van der Waals surface area contributed by atoms with Crippen LogP contribution in [-0.2, 0) is 14.8 Å². The predicted octanol–water partition coefficient (Wildman–Crippen LogP) is 2.27. The number of carbonyl (C=O) groups is 1. The molecule has 116 valence electrons. The lowest BCUT2D eigenvalue weighted by Gasteiger charge is -2.23. The molecule has 5 nitrogen and oxygen atoms in total. The van der Waals surface area contributed by atoms with Crippen molar-refractivity contribution in [1.82, 2.24) is 0 Å². The molecule has 1 fully saturated rings. The van der Waals surface area contributed by atoms with Gasteiger partial charge in [0.2, 0.25) is 15.9 Å². The number of nitrogens with zero attached hydrogens (tertiary/aromatic N) is 1. The van der Waals surface area contributed by atoms with Crippen LogP contribution in [0.15, 0.2) is 29.2 Å². The van der Waals surface area contributed by atoms with Crippen LogP contribution in [0.5, 0.6) is 0 Å². The van der Waals surface area contributed by atoms with Gasteiger partial charge in [-0.3, -0.25) is 4.79 Å². The fourth-order valence-corrected chi connectivity index (χ4v) is 3.30. The number of sulfonamides is 1. The molecular formula is C15H22N2O3S. The molecule has 1 amide bonds. The Hall–Kier alpha value is -1.40. The van der Waals surface area contributed by atoms with E-state index < -0.39 is 10.0 Å². The molecule has 0 bridgehead atoms. The number of anilines is 1. The molecule has 1 aliphatic carbocycles. The van der Waals surface area contributed by atoms with Gasteiger partial charge in [-0.1, -0.05) is 25.7 Å². The van der Waals surface area contributed by atoms with Crippen LogP contribution in [0.3, 0.4) is 0 Å². The van der Waals surface area contributed by atoms with Crippen molar-refractivity contribution < 1.29 is 13.2 Å². The quantitative estimate of drug-likeness (QED) is 0.870. The van der Waals surface area contributed by atoms with E-state index in [1.807, 2.05) is 0 Å². The molecule has 1 aliphatic rings. The standard InChI is InChI=1S/C15H22N2O3S/c1-17(15(18)12-6-4-2-3-5-7-12)13-8-10-14(11-9-13)21(16,19)20/h8-12H,2-7H2,1H3,(H2,16,19,20). The molecule has 0 radical (unpaired) electrons. The molecule has 21 heavy (non-hydrogen) atoms. The van der Waals surface area contributed by atoms with Crippen molar-refractivity contribution in [2.24, 2.45) is 11.1 Å². The highest BCUT2D eigenvalue weighted by molar-refractivity contribution is 7.89. The second kappa shape index (κ2) is 6.58. The third-order valence-corrected chi connectivity index (χ3v) is 5.02. The summed E-state index contributed by atoms with van der Waals surface area (Å²) in [7, 11) is -1.96. The van der Waals surface area contributed by atoms with Crippen molar-refractivity contribution in [2.75, 3.05) is 11.9 Å². The Morgan fingerprint density at radius 2 is 1.62 bits per heavy atom. The normalized spacial score (nSPS) is 17.2. The summed E-state index contributed by atoms with van der Waals surface area (Å²) < 4.78 is 22.5. The number of carbonyl (C=O) groups excluding carboxylic acids is 1. The molecule has 0 saturated heterocycles. The monoisotopic (exact) mass is 310 g/mol. The molecule has 0 spiro atoms. The molecule has 0 heterocycles. The zero-order valence-electron chi connectivity index (χ0n) is 12.3. The van der Waals surface area contributed by atoms with Gasteiger partial charge in [-0.2, -0.15) is 0 Å². The van der Waals surface area contributed by atoms with Gasteiger partial charge in [-0.15, -0.1) is 0 Å². The Balaban J connectivity index is 2.11. The third kappa shape index (κ3) is 4.04. The van der Waals surface area contributed by atoms with E-state index >= 15 is 0 Å². The summed E-state index contributed by atoms with van der Waals surface area (Å²) in [6.45, 7) is 0. The van der Waals surface area contributed by atoms with Gasteiger partial charge in [0, 0.05) is 18.7 Å². The van der Waals surface area contributed by atoms with E-state index in [1.54, 1.807) is 24.1 Å². The summed E-state index contributed by atoms with van der Waals surface area (Å²) in [6, 6.07) is 6.10. The number of amides is 1. The molecular weight excluding hydrogens is 288 g/mol. The van der Waals surface area contributed by atoms with Gasteiger partial charge < -0.3 is 4.90 Å². The maximum Gasteiger partial charge on any atom is 0.238 e. The van der Waals surface area contributed by atoms with E-state index in [-0.39, 0.29) is 16.7 Å². The minimum Gasteiger partial charge on any atom is -0.315 e. The van der Waals surface area contributed by atoms with E-state index in [0.29, 0.717) is 5.69 Å². The molecule has 0 aliphatic heterocycles. The van der Waals surface area contributed by atoms with Gasteiger partial charge in [0.15, 0.2) is 0 Å². The zero-order valence-corrected chi connectivity index (χ0v) is 13.1. The fourth-order valence-electron chi connectivity index (χ4n) is 2.79. The van der Waals surface area contributed by atoms with Crippen LogP contribution in [0.25, 0.3) is 0 Å². The fraction of sp³-hybridized carbons (Fsp3) is 0.533. The van der Waals surface area contributed by atoms with Crippen molar-refractivity contribution >= 4 is 21.6 Å². The summed E-state index contributed by atoms with van der Waals surface area (Å²) in [5.74, 6) is 0.190. The van der Waals surface area contributed by atoms with Gasteiger partial charge in [0.1, 0.15) is 0 Å². The SMILES string of the molecule is CN(C(=O)C1CCCCCC1)c1ccc(S(N)(=O)=O)cc1. The van der Waals surface area contributed by atoms with Crippen LogP contribution < -0.4 is 10.0 Å². The van der Waals surface area contributed by atoms with Crippen molar-refractivity contribution in [3.63, 3.8) is 0 Å². The molecule has 1 aromatic carbocycles. The zero-order chi connectivity index (χ0) is 15.5. The van der Waals surface area contributed by atoms with Gasteiger partial charge in [0.25, 0.3) is 0 Å². The minimum absolute atomic E-state index is 0.0570. The van der Waals surface area contributed by atoms with Crippen LogP contribution in [0.4, 0.5) is 5.69 Å². The number of rotatable bonds is 3. The average Bonchev–Trinajstić information content (AvgIpc) is 2.74. The first kappa shape index (κ1) is 16.0. The summed E-state index contributed by atoms with van der Waals surface area (Å²) in [5.41, 5.74) is 0.691. The highest BCUT2D eigenvalue weighted by atomic mass is 32.2. The Morgan fingerprint density at radius 1 is 1.10 bits per heavy atom. The van der Waals surface area contributed by atoms with Gasteiger partial charge >= 0.3 is 0 Å². The maximum atomic E-state index is 12.5. The topological polar surface area (TPSA) is 80.5 Å². The largest absolute Gasteiger partial charge is 0.315 e. The molecule has 0 unspecified atom stereocenters. The first-order chi connectivity index (χ1) is 9.89. The molecule has 2 N–H and O–H groups in total. The van der Waals surface area contributed by atoms with Crippen molar-refractivity contribution in [3.8, 4) is 0 Å². The first-order valence-electron chi connectivity index (χ1n) is 7.30. The van der Waals surface area contributed by atoms with E-state index in [9.17, 15) is 13.2 Å². The number of hydrogen-bond donors (Lipinski definition) is 1. The molecule has 1 aromatic rings. The predicted molar refractivity (Wildman–Crippen MR) is 82.4 cm³/mol. The lowest BCUT2D eigenvalue weighted by atomic mass is 9.98. The number of benzene rings is 1. The third-order valence-electron chi connectivity index (χ3n) is 4.09. The van der Waals surface area contributed by atoms with Gasteiger partial charge in [-0.25, -0.2) is 13.6 Å². The Morgan fingerprint density at radius 3 is 2.10 bits per heavy atom. The Kier molecular flexibility index (Phi) is 5.00. The first-order valence-corrected chi connectivity index (χ1v) is 8.84. The molecule has 1 saturated carbocycles. The lowest BCUT2D eigenvalue weighted by molar-refractivity contribution is -0.122. The van der Waals surface area contributed by atoms with Crippen LogP contribution in [0.1, 0.15) is 38.5 Å². The summed E-state index contributed by atoms with van der Waals surface area (Å²) >= 11 is 0.